The van der Waals surface area contributed by atoms with Gasteiger partial charge in [-0.1, -0.05) is 13.0 Å². The topological polar surface area (TPSA) is 35.6 Å². The summed E-state index contributed by atoms with van der Waals surface area (Å²) in [6.07, 6.45) is 2.59. The molecule has 0 bridgehead atoms. The molecule has 29 heavy (non-hydrogen) atoms. The maximum absolute atomic E-state index is 10.0. The predicted octanol–water partition coefficient (Wildman–Crippen LogP) is 3.00. The number of likely N-dealkylation sites (N-methyl/N-ethyl adjacent to an activating group) is 1. The molecule has 5 heteroatoms. The molecule has 2 aliphatic rings. The summed E-state index contributed by atoms with van der Waals surface area (Å²) in [5.74, 6) is 1.47. The van der Waals surface area contributed by atoms with Gasteiger partial charge in [0.25, 0.3) is 0 Å². The van der Waals surface area contributed by atoms with Crippen molar-refractivity contribution in [2.45, 2.75) is 31.6 Å². The van der Waals surface area contributed by atoms with E-state index in [1.54, 1.807) is 23.3 Å². The molecule has 0 spiro atoms. The third kappa shape index (κ3) is 5.77. The normalized spacial score (nSPS) is 21.1. The van der Waals surface area contributed by atoms with Crippen LogP contribution in [0.4, 0.5) is 5.69 Å². The average Bonchev–Trinajstić information content (AvgIpc) is 3.09. The second-order valence-electron chi connectivity index (χ2n) is 8.36. The molecule has 1 aliphatic heterocycles. The van der Waals surface area contributed by atoms with Crippen LogP contribution < -0.4 is 15.7 Å². The monoisotopic (exact) mass is 391 g/mol. The summed E-state index contributed by atoms with van der Waals surface area (Å²) >= 11 is 0. The van der Waals surface area contributed by atoms with Crippen LogP contribution in [0, 0.1) is 0 Å². The Balaban J connectivity index is 0.000000252. The molecule has 1 heterocycles. The molecule has 1 saturated heterocycles. The van der Waals surface area contributed by atoms with Crippen LogP contribution in [0.5, 0.6) is 0 Å². The van der Waals surface area contributed by atoms with E-state index in [9.17, 15) is 4.70 Å². The van der Waals surface area contributed by atoms with Crippen LogP contribution >= 0.6 is 0 Å². The van der Waals surface area contributed by atoms with Crippen molar-refractivity contribution < 1.29 is 4.70 Å². The molecule has 4 rings (SSSR count). The summed E-state index contributed by atoms with van der Waals surface area (Å²) in [5.41, 5.74) is 5.37. The second kappa shape index (κ2) is 10.7. The van der Waals surface area contributed by atoms with Gasteiger partial charge in [-0.15, -0.1) is 0 Å². The van der Waals surface area contributed by atoms with Crippen LogP contribution in [0.1, 0.15) is 42.7 Å². The molecule has 154 valence electrons. The minimum atomic E-state index is 0.717. The van der Waals surface area contributed by atoms with Gasteiger partial charge in [0, 0.05) is 31.9 Å². The fourth-order valence-electron chi connectivity index (χ4n) is 4.43. The molecule has 4 nitrogen and oxygen atoms in total. The van der Waals surface area contributed by atoms with Crippen LogP contribution in [0.15, 0.2) is 48.5 Å². The van der Waals surface area contributed by atoms with E-state index in [0.29, 0.717) is 5.92 Å². The number of anilines is 1. The predicted molar refractivity (Wildman–Crippen MR) is 123 cm³/mol. The summed E-state index contributed by atoms with van der Waals surface area (Å²) < 4.78 is 10.0. The Morgan fingerprint density at radius 3 is 2.38 bits per heavy atom. The number of benzene rings is 2. The number of nitrogens with zero attached hydrogens (tertiary/aromatic N) is 2. The first-order valence-corrected chi connectivity index (χ1v) is 10.8. The van der Waals surface area contributed by atoms with Crippen LogP contribution in [0.2, 0.25) is 0 Å². The fourth-order valence-corrected chi connectivity index (χ4v) is 4.43. The zero-order valence-corrected chi connectivity index (χ0v) is 18.1. The van der Waals surface area contributed by atoms with Crippen molar-refractivity contribution in [3.8, 4) is 0 Å². The number of hydrogen-bond acceptors (Lipinski definition) is 4. The Hall–Kier alpha value is -1.98. The van der Waals surface area contributed by atoms with Gasteiger partial charge in [-0.3, -0.25) is 0 Å². The third-order valence-electron chi connectivity index (χ3n) is 6.23. The van der Waals surface area contributed by atoms with Crippen molar-refractivity contribution in [2.75, 3.05) is 51.7 Å². The van der Waals surface area contributed by atoms with Crippen molar-refractivity contribution in [3.63, 3.8) is 0 Å². The molecule has 2 atom stereocenters. The van der Waals surface area contributed by atoms with Gasteiger partial charge in [-0.2, -0.15) is 0 Å². The van der Waals surface area contributed by atoms with Crippen molar-refractivity contribution in [1.29, 1.82) is 0 Å². The van der Waals surface area contributed by atoms with Crippen molar-refractivity contribution in [2.24, 2.45) is 0 Å². The summed E-state index contributed by atoms with van der Waals surface area (Å²) in [5, 5.41) is 3.29. The maximum atomic E-state index is 10.0. The van der Waals surface area contributed by atoms with Gasteiger partial charge < -0.3 is 15.1 Å². The van der Waals surface area contributed by atoms with Crippen LogP contribution in [0.3, 0.4) is 0 Å². The molecule has 1 N–H and O–H groups in total. The van der Waals surface area contributed by atoms with E-state index in [4.69, 9.17) is 0 Å². The van der Waals surface area contributed by atoms with Crippen molar-refractivity contribution in [1.82, 2.24) is 10.2 Å². The SMILES string of the molecule is CNCC[C@@H]1C[C@@H](C)c2cc(N3CCN(C)CC3)ccc21.O=Bc1ccccc1. The average molecular weight is 391 g/mol. The van der Waals surface area contributed by atoms with Crippen molar-refractivity contribution in [3.05, 3.63) is 59.7 Å². The van der Waals surface area contributed by atoms with E-state index in [1.165, 1.54) is 31.6 Å². The molecule has 2 aromatic carbocycles. The quantitative estimate of drug-likeness (QED) is 0.795. The molecule has 0 aromatic heterocycles. The first-order chi connectivity index (χ1) is 14.1. The standard InChI is InChI=1S/C18H29N3.C6H5BO/c1-14-12-15(6-7-19-2)17-5-4-16(13-18(14)17)21-10-8-20(3)9-11-21;8-7-6-4-2-1-3-5-6/h4-5,13-15,19H,6-12H2,1-3H3;1-5H/t14-,15-;/m1./s1. The van der Waals surface area contributed by atoms with Gasteiger partial charge in [-0.05, 0) is 68.6 Å². The van der Waals surface area contributed by atoms with Gasteiger partial charge in [0.1, 0.15) is 0 Å². The second-order valence-corrected chi connectivity index (χ2v) is 8.36. The molecule has 2 aromatic rings. The van der Waals surface area contributed by atoms with Gasteiger partial charge in [0.15, 0.2) is 0 Å². The van der Waals surface area contributed by atoms with Crippen LogP contribution in [-0.4, -0.2) is 58.9 Å². The Labute approximate surface area is 176 Å². The molecule has 0 amide bonds. The van der Waals surface area contributed by atoms with Gasteiger partial charge in [0.2, 0.25) is 0 Å². The number of piperazine rings is 1. The van der Waals surface area contributed by atoms with Crippen molar-refractivity contribution >= 4 is 18.3 Å². The zero-order valence-electron chi connectivity index (χ0n) is 18.1. The van der Waals surface area contributed by atoms with E-state index < -0.39 is 0 Å². The Bertz CT molecular complexity index is 775. The minimum absolute atomic E-state index is 0.717. The first kappa shape index (κ1) is 21.7. The Kier molecular flexibility index (Phi) is 8.02. The van der Waals surface area contributed by atoms with E-state index >= 15 is 0 Å². The Morgan fingerprint density at radius 1 is 1.03 bits per heavy atom. The number of nitrogens with one attached hydrogen (secondary N) is 1. The third-order valence-corrected chi connectivity index (χ3v) is 6.23. The summed E-state index contributed by atoms with van der Waals surface area (Å²) in [4.78, 5) is 4.97. The number of fused-ring (bicyclic) bond motifs is 1. The van der Waals surface area contributed by atoms with Crippen LogP contribution in [-0.2, 0) is 4.70 Å². The number of hydrogen-bond donors (Lipinski definition) is 1. The molecule has 1 fully saturated rings. The van der Waals surface area contributed by atoms with E-state index in [1.807, 2.05) is 18.2 Å². The molecule has 1 aliphatic carbocycles. The van der Waals surface area contributed by atoms with Gasteiger partial charge in [-0.25, -0.2) is 0 Å². The molecule has 0 radical (unpaired) electrons. The fraction of sp³-hybridized carbons (Fsp3) is 0.500. The number of rotatable bonds is 5. The van der Waals surface area contributed by atoms with E-state index in [0.717, 1.165) is 38.2 Å². The first-order valence-electron chi connectivity index (χ1n) is 10.8. The van der Waals surface area contributed by atoms with Crippen LogP contribution in [0.25, 0.3) is 0 Å². The summed E-state index contributed by atoms with van der Waals surface area (Å²) in [6.45, 7) is 8.19. The molecular weight excluding hydrogens is 357 g/mol. The Morgan fingerprint density at radius 2 is 1.76 bits per heavy atom. The van der Waals surface area contributed by atoms with Gasteiger partial charge in [0.05, 0.1) is 0 Å². The zero-order chi connectivity index (χ0) is 20.6. The van der Waals surface area contributed by atoms with Gasteiger partial charge >= 0.3 is 47.6 Å². The molecule has 0 saturated carbocycles. The molecule has 0 unspecified atom stereocenters. The summed E-state index contributed by atoms with van der Waals surface area (Å²) in [6, 6.07) is 16.3. The summed E-state index contributed by atoms with van der Waals surface area (Å²) in [7, 11) is 5.10. The van der Waals surface area contributed by atoms with E-state index in [2.05, 4.69) is 54.3 Å². The molecular formula is C24H34BN3O. The van der Waals surface area contributed by atoms with E-state index in [-0.39, 0.29) is 0 Å².